The van der Waals surface area contributed by atoms with E-state index in [0.717, 1.165) is 3.70 Å². The SMILES string of the molecule is N#Cc1cnn(C2CC2)c1I. The molecule has 0 amide bonds. The van der Waals surface area contributed by atoms with Crippen molar-refractivity contribution < 1.29 is 0 Å². The summed E-state index contributed by atoms with van der Waals surface area (Å²) in [5.41, 5.74) is 0.692. The van der Waals surface area contributed by atoms with Gasteiger partial charge in [-0.2, -0.15) is 10.4 Å². The normalized spacial score (nSPS) is 16.4. The summed E-state index contributed by atoms with van der Waals surface area (Å²) in [5.74, 6) is 0. The van der Waals surface area contributed by atoms with E-state index in [1.165, 1.54) is 12.8 Å². The predicted octanol–water partition coefficient (Wildman–Crippen LogP) is 1.69. The van der Waals surface area contributed by atoms with Crippen LogP contribution in [-0.2, 0) is 0 Å². The zero-order valence-corrected chi connectivity index (χ0v) is 7.95. The first-order valence-electron chi connectivity index (χ1n) is 3.46. The van der Waals surface area contributed by atoms with Crippen LogP contribution in [0.15, 0.2) is 6.20 Å². The second-order valence-corrected chi connectivity index (χ2v) is 3.66. The van der Waals surface area contributed by atoms with E-state index in [1.807, 2.05) is 4.68 Å². The van der Waals surface area contributed by atoms with Crippen molar-refractivity contribution >= 4 is 22.6 Å². The van der Waals surface area contributed by atoms with Crippen molar-refractivity contribution in [1.29, 1.82) is 5.26 Å². The fraction of sp³-hybridized carbons (Fsp3) is 0.429. The van der Waals surface area contributed by atoms with Gasteiger partial charge in [0.15, 0.2) is 0 Å². The summed E-state index contributed by atoms with van der Waals surface area (Å²) in [6.45, 7) is 0. The summed E-state index contributed by atoms with van der Waals surface area (Å²) in [4.78, 5) is 0. The van der Waals surface area contributed by atoms with Gasteiger partial charge in [-0.15, -0.1) is 0 Å². The van der Waals surface area contributed by atoms with Crippen LogP contribution in [0.25, 0.3) is 0 Å². The summed E-state index contributed by atoms with van der Waals surface area (Å²) in [7, 11) is 0. The molecule has 0 spiro atoms. The molecule has 1 aliphatic carbocycles. The van der Waals surface area contributed by atoms with Gasteiger partial charge in [-0.25, -0.2) is 0 Å². The van der Waals surface area contributed by atoms with Gasteiger partial charge in [0, 0.05) is 0 Å². The standard InChI is InChI=1S/C7H6IN3/c8-7-5(3-9)4-10-11(7)6-1-2-6/h4,6H,1-2H2. The maximum Gasteiger partial charge on any atom is 0.117 e. The predicted molar refractivity (Wildman–Crippen MR) is 47.9 cm³/mol. The van der Waals surface area contributed by atoms with E-state index >= 15 is 0 Å². The minimum atomic E-state index is 0.573. The first kappa shape index (κ1) is 7.10. The lowest BCUT2D eigenvalue weighted by Crippen LogP contribution is -1.98. The van der Waals surface area contributed by atoms with E-state index in [2.05, 4.69) is 33.8 Å². The molecule has 1 aromatic heterocycles. The fourth-order valence-electron chi connectivity index (χ4n) is 0.996. The average molecular weight is 259 g/mol. The van der Waals surface area contributed by atoms with E-state index in [0.29, 0.717) is 11.6 Å². The largest absolute Gasteiger partial charge is 0.255 e. The van der Waals surface area contributed by atoms with Crippen molar-refractivity contribution in [3.8, 4) is 6.07 Å². The van der Waals surface area contributed by atoms with E-state index in [-0.39, 0.29) is 0 Å². The molecule has 4 heteroatoms. The molecule has 3 nitrogen and oxygen atoms in total. The molecule has 56 valence electrons. The van der Waals surface area contributed by atoms with Gasteiger partial charge in [0.25, 0.3) is 0 Å². The van der Waals surface area contributed by atoms with Crippen LogP contribution < -0.4 is 0 Å². The van der Waals surface area contributed by atoms with Crippen molar-refractivity contribution in [2.45, 2.75) is 18.9 Å². The molecule has 0 N–H and O–H groups in total. The molecule has 2 rings (SSSR count). The third kappa shape index (κ3) is 1.13. The smallest absolute Gasteiger partial charge is 0.117 e. The van der Waals surface area contributed by atoms with Gasteiger partial charge in [-0.3, -0.25) is 4.68 Å². The number of nitrogens with zero attached hydrogens (tertiary/aromatic N) is 3. The first-order valence-corrected chi connectivity index (χ1v) is 4.54. The molecular formula is C7H6IN3. The second-order valence-electron chi connectivity index (χ2n) is 2.64. The van der Waals surface area contributed by atoms with E-state index < -0.39 is 0 Å². The van der Waals surface area contributed by atoms with Gasteiger partial charge in [0.1, 0.15) is 15.3 Å². The summed E-state index contributed by atoms with van der Waals surface area (Å²) in [5, 5.41) is 12.8. The first-order chi connectivity index (χ1) is 5.33. The highest BCUT2D eigenvalue weighted by molar-refractivity contribution is 14.1. The Morgan fingerprint density at radius 1 is 1.73 bits per heavy atom. The molecule has 0 unspecified atom stereocenters. The quantitative estimate of drug-likeness (QED) is 0.720. The Kier molecular flexibility index (Phi) is 1.60. The maximum absolute atomic E-state index is 8.63. The Balaban J connectivity index is 2.42. The molecule has 1 fully saturated rings. The third-order valence-electron chi connectivity index (χ3n) is 1.75. The van der Waals surface area contributed by atoms with Crippen molar-refractivity contribution in [3.63, 3.8) is 0 Å². The minimum Gasteiger partial charge on any atom is -0.255 e. The highest BCUT2D eigenvalue weighted by atomic mass is 127. The Bertz CT molecular complexity index is 319. The minimum absolute atomic E-state index is 0.573. The van der Waals surface area contributed by atoms with Crippen LogP contribution in [-0.4, -0.2) is 9.78 Å². The third-order valence-corrected chi connectivity index (χ3v) is 2.82. The van der Waals surface area contributed by atoms with Crippen molar-refractivity contribution in [3.05, 3.63) is 15.5 Å². The van der Waals surface area contributed by atoms with Crippen molar-refractivity contribution in [2.75, 3.05) is 0 Å². The van der Waals surface area contributed by atoms with Crippen LogP contribution >= 0.6 is 22.6 Å². The Hall–Kier alpha value is -0.570. The molecule has 0 aromatic carbocycles. The monoisotopic (exact) mass is 259 g/mol. The van der Waals surface area contributed by atoms with Gasteiger partial charge < -0.3 is 0 Å². The van der Waals surface area contributed by atoms with Crippen molar-refractivity contribution in [2.24, 2.45) is 0 Å². The highest BCUT2D eigenvalue weighted by Crippen LogP contribution is 2.35. The molecular weight excluding hydrogens is 253 g/mol. The molecule has 0 atom stereocenters. The van der Waals surface area contributed by atoms with Crippen LogP contribution in [0.5, 0.6) is 0 Å². The summed E-state index contributed by atoms with van der Waals surface area (Å²) in [6.07, 6.45) is 4.06. The lowest BCUT2D eigenvalue weighted by atomic mass is 10.4. The van der Waals surface area contributed by atoms with Crippen LogP contribution in [0, 0.1) is 15.0 Å². The zero-order valence-electron chi connectivity index (χ0n) is 5.79. The van der Waals surface area contributed by atoms with Crippen LogP contribution in [0.2, 0.25) is 0 Å². The second kappa shape index (κ2) is 2.48. The van der Waals surface area contributed by atoms with Crippen molar-refractivity contribution in [1.82, 2.24) is 9.78 Å². The zero-order chi connectivity index (χ0) is 7.84. The molecule has 0 bridgehead atoms. The number of hydrogen-bond donors (Lipinski definition) is 0. The Morgan fingerprint density at radius 2 is 2.45 bits per heavy atom. The Labute approximate surface area is 78.1 Å². The fourth-order valence-corrected chi connectivity index (χ4v) is 1.77. The van der Waals surface area contributed by atoms with Gasteiger partial charge >= 0.3 is 0 Å². The molecule has 1 saturated carbocycles. The van der Waals surface area contributed by atoms with Crippen LogP contribution in [0.3, 0.4) is 0 Å². The van der Waals surface area contributed by atoms with Gasteiger partial charge in [-0.05, 0) is 35.4 Å². The maximum atomic E-state index is 8.63. The molecule has 0 aliphatic heterocycles. The van der Waals surface area contributed by atoms with E-state index in [9.17, 15) is 0 Å². The lowest BCUT2D eigenvalue weighted by molar-refractivity contribution is 0.625. The Morgan fingerprint density at radius 3 is 2.91 bits per heavy atom. The molecule has 1 heterocycles. The van der Waals surface area contributed by atoms with Crippen LogP contribution in [0.4, 0.5) is 0 Å². The lowest BCUT2D eigenvalue weighted by Gasteiger charge is -1.96. The molecule has 1 aromatic rings. The summed E-state index contributed by atoms with van der Waals surface area (Å²) in [6, 6.07) is 2.68. The van der Waals surface area contributed by atoms with Crippen LogP contribution in [0.1, 0.15) is 24.4 Å². The number of hydrogen-bond acceptors (Lipinski definition) is 2. The molecule has 0 radical (unpaired) electrons. The number of rotatable bonds is 1. The molecule has 0 saturated heterocycles. The number of halogens is 1. The number of nitriles is 1. The van der Waals surface area contributed by atoms with Gasteiger partial charge in [-0.1, -0.05) is 0 Å². The number of aromatic nitrogens is 2. The topological polar surface area (TPSA) is 41.6 Å². The molecule has 1 aliphatic rings. The summed E-state index contributed by atoms with van der Waals surface area (Å²) < 4.78 is 2.92. The van der Waals surface area contributed by atoms with E-state index in [1.54, 1.807) is 6.20 Å². The summed E-state index contributed by atoms with van der Waals surface area (Å²) >= 11 is 2.17. The molecule has 11 heavy (non-hydrogen) atoms. The van der Waals surface area contributed by atoms with E-state index in [4.69, 9.17) is 5.26 Å². The highest BCUT2D eigenvalue weighted by Gasteiger charge is 2.26. The van der Waals surface area contributed by atoms with Gasteiger partial charge in [0.2, 0.25) is 0 Å². The average Bonchev–Trinajstić information content (AvgIpc) is 2.77. The van der Waals surface area contributed by atoms with Gasteiger partial charge in [0.05, 0.1) is 12.2 Å².